The molecule has 16 aromatic carbocycles. The van der Waals surface area contributed by atoms with E-state index >= 15 is 0 Å². The van der Waals surface area contributed by atoms with Gasteiger partial charge in [-0.05, 0) is 226 Å². The van der Waals surface area contributed by atoms with E-state index in [0.29, 0.717) is 0 Å². The van der Waals surface area contributed by atoms with Crippen molar-refractivity contribution in [3.05, 3.63) is 291 Å². The van der Waals surface area contributed by atoms with Gasteiger partial charge in [0.05, 0.1) is 0 Å². The van der Waals surface area contributed by atoms with Gasteiger partial charge in [0.15, 0.2) is 0 Å². The van der Waals surface area contributed by atoms with Crippen LogP contribution in [0.2, 0.25) is 0 Å². The smallest absolute Gasteiger partial charge is 0.0171 e. The first kappa shape index (κ1) is 42.7. The summed E-state index contributed by atoms with van der Waals surface area (Å²) in [7, 11) is 0. The van der Waals surface area contributed by atoms with Crippen molar-refractivity contribution >= 4 is 129 Å². The predicted molar refractivity (Wildman–Crippen MR) is 316 cm³/mol. The Morgan fingerprint density at radius 1 is 0.0833 bits per heavy atom. The molecule has 0 amide bonds. The van der Waals surface area contributed by atoms with Gasteiger partial charge in [-0.1, -0.05) is 194 Å². The monoisotopic (exact) mass is 912 g/mol. The fourth-order valence-electron chi connectivity index (χ4n) is 10.5. The highest BCUT2D eigenvalue weighted by Crippen LogP contribution is 2.31. The largest absolute Gasteiger partial charge is 0.0616 e. The van der Waals surface area contributed by atoms with Crippen molar-refractivity contribution in [1.82, 2.24) is 0 Å². The van der Waals surface area contributed by atoms with Crippen molar-refractivity contribution in [1.29, 1.82) is 0 Å². The second-order valence-corrected chi connectivity index (χ2v) is 19.0. The first-order valence-electron chi connectivity index (χ1n) is 24.9. The summed E-state index contributed by atoms with van der Waals surface area (Å²) < 4.78 is 0. The van der Waals surface area contributed by atoms with E-state index in [1.165, 1.54) is 129 Å². The molecule has 0 atom stereocenters. The van der Waals surface area contributed by atoms with Gasteiger partial charge in [-0.2, -0.15) is 0 Å². The minimum absolute atomic E-state index is 1.31. The van der Waals surface area contributed by atoms with Crippen LogP contribution in [-0.2, 0) is 0 Å². The molecule has 336 valence electrons. The quantitative estimate of drug-likeness (QED) is 0.133. The first-order chi connectivity index (χ1) is 35.6. The molecule has 0 fully saturated rings. The molecule has 0 aliphatic rings. The summed E-state index contributed by atoms with van der Waals surface area (Å²) in [6.45, 7) is 0. The van der Waals surface area contributed by atoms with E-state index in [4.69, 9.17) is 0 Å². The molecule has 0 aliphatic heterocycles. The van der Waals surface area contributed by atoms with Gasteiger partial charge in [0.1, 0.15) is 0 Å². The fraction of sp³-hybridized carbons (Fsp3) is 0. The topological polar surface area (TPSA) is 0 Å². The van der Waals surface area contributed by atoms with Crippen LogP contribution in [0.4, 0.5) is 0 Å². The van der Waals surface area contributed by atoms with Crippen LogP contribution in [0.15, 0.2) is 291 Å². The van der Waals surface area contributed by atoms with E-state index < -0.39 is 0 Å². The van der Waals surface area contributed by atoms with Gasteiger partial charge in [-0.3, -0.25) is 0 Å². The van der Waals surface area contributed by atoms with Gasteiger partial charge in [0.25, 0.3) is 0 Å². The summed E-state index contributed by atoms with van der Waals surface area (Å²) in [6, 6.07) is 105. The van der Waals surface area contributed by atoms with E-state index in [2.05, 4.69) is 291 Å². The van der Waals surface area contributed by atoms with Gasteiger partial charge in [-0.15, -0.1) is 0 Å². The van der Waals surface area contributed by atoms with Gasteiger partial charge in [-0.25, -0.2) is 0 Å². The molecule has 0 bridgehead atoms. The van der Waals surface area contributed by atoms with Crippen molar-refractivity contribution in [2.45, 2.75) is 0 Å². The molecular weight excluding hydrogens is 865 g/mol. The third-order valence-corrected chi connectivity index (χ3v) is 14.3. The molecule has 0 heteroatoms. The molecule has 16 rings (SSSR count). The Morgan fingerprint density at radius 3 is 0.222 bits per heavy atom. The molecule has 0 unspecified atom stereocenters. The van der Waals surface area contributed by atoms with Crippen LogP contribution in [0.25, 0.3) is 129 Å². The van der Waals surface area contributed by atoms with E-state index in [-0.39, 0.29) is 0 Å². The summed E-state index contributed by atoms with van der Waals surface area (Å²) in [5.74, 6) is 0. The summed E-state index contributed by atoms with van der Waals surface area (Å²) >= 11 is 0. The fourth-order valence-corrected chi connectivity index (χ4v) is 10.5. The molecule has 0 heterocycles. The summed E-state index contributed by atoms with van der Waals surface area (Å²) in [5, 5.41) is 31.4. The predicted octanol–water partition coefficient (Wildman–Crippen LogP) is 20.6. The second-order valence-electron chi connectivity index (χ2n) is 19.0. The normalized spacial score (nSPS) is 11.3. The maximum absolute atomic E-state index is 2.27. The molecule has 0 aliphatic carbocycles. The lowest BCUT2D eigenvalue weighted by Crippen LogP contribution is -1.78. The Hall–Kier alpha value is -9.36. The van der Waals surface area contributed by atoms with Crippen molar-refractivity contribution in [3.63, 3.8) is 0 Å². The van der Waals surface area contributed by atoms with Crippen molar-refractivity contribution in [2.24, 2.45) is 0 Å². The third kappa shape index (κ3) is 8.57. The molecule has 0 aromatic heterocycles. The Labute approximate surface area is 418 Å². The summed E-state index contributed by atoms with van der Waals surface area (Å²) in [5.41, 5.74) is 0. The van der Waals surface area contributed by atoms with Crippen LogP contribution >= 0.6 is 0 Å². The van der Waals surface area contributed by atoms with Crippen LogP contribution in [-0.4, -0.2) is 0 Å². The molecule has 0 saturated heterocycles. The maximum Gasteiger partial charge on any atom is -0.0171 e. The lowest BCUT2D eigenvalue weighted by molar-refractivity contribution is 1.77. The van der Waals surface area contributed by atoms with Crippen LogP contribution in [0.1, 0.15) is 0 Å². The molecule has 16 aromatic rings. The highest BCUT2D eigenvalue weighted by molar-refractivity contribution is 6.08. The van der Waals surface area contributed by atoms with Gasteiger partial charge >= 0.3 is 0 Å². The summed E-state index contributed by atoms with van der Waals surface area (Å²) in [4.78, 5) is 0. The molecule has 0 N–H and O–H groups in total. The zero-order valence-electron chi connectivity index (χ0n) is 39.7. The van der Waals surface area contributed by atoms with Crippen molar-refractivity contribution < 1.29 is 0 Å². The highest BCUT2D eigenvalue weighted by Gasteiger charge is 2.04. The second kappa shape index (κ2) is 18.5. The van der Waals surface area contributed by atoms with Crippen LogP contribution in [0.5, 0.6) is 0 Å². The van der Waals surface area contributed by atoms with E-state index in [1.807, 2.05) is 0 Å². The molecule has 0 nitrogen and oxygen atoms in total. The number of fused-ring (bicyclic) bond motifs is 12. The van der Waals surface area contributed by atoms with Crippen molar-refractivity contribution in [3.8, 4) is 0 Å². The Morgan fingerprint density at radius 2 is 0.153 bits per heavy atom. The van der Waals surface area contributed by atoms with Crippen LogP contribution in [0.3, 0.4) is 0 Å². The molecular formula is C72H48. The molecule has 0 spiro atoms. The Bertz CT molecular complexity index is 3520. The number of benzene rings is 16. The third-order valence-electron chi connectivity index (χ3n) is 14.3. The SMILES string of the molecule is c1ccc2cc3cc4ccccc4cc3cc2c1.c1ccc2cc3cc4ccccc4cc3cc2c1.c1ccc2cc3cc4ccccc4cc3cc2c1.c1ccc2cc3cc4ccccc4cc3cc2c1. The van der Waals surface area contributed by atoms with Crippen LogP contribution < -0.4 is 0 Å². The first-order valence-corrected chi connectivity index (χ1v) is 24.9. The number of hydrogen-bond donors (Lipinski definition) is 0. The Balaban J connectivity index is 0.0000000933. The molecule has 0 radical (unpaired) electrons. The van der Waals surface area contributed by atoms with Crippen molar-refractivity contribution in [2.75, 3.05) is 0 Å². The number of hydrogen-bond acceptors (Lipinski definition) is 0. The van der Waals surface area contributed by atoms with Crippen LogP contribution in [0, 0.1) is 0 Å². The standard InChI is InChI=1S/4C18H12/c4*1-2-6-14-10-18-12-16-8-4-3-7-15(16)11-17(18)9-13(14)5-1/h4*1-12H. The van der Waals surface area contributed by atoms with Gasteiger partial charge in [0.2, 0.25) is 0 Å². The Kier molecular flexibility index (Phi) is 11.0. The zero-order chi connectivity index (χ0) is 47.8. The lowest BCUT2D eigenvalue weighted by atomic mass is 10.00. The average molecular weight is 913 g/mol. The lowest BCUT2D eigenvalue weighted by Gasteiger charge is -2.04. The summed E-state index contributed by atoms with van der Waals surface area (Å²) in [6.07, 6.45) is 0. The van der Waals surface area contributed by atoms with E-state index in [9.17, 15) is 0 Å². The van der Waals surface area contributed by atoms with Gasteiger partial charge < -0.3 is 0 Å². The minimum Gasteiger partial charge on any atom is -0.0616 e. The maximum atomic E-state index is 2.27. The van der Waals surface area contributed by atoms with E-state index in [0.717, 1.165) is 0 Å². The van der Waals surface area contributed by atoms with Gasteiger partial charge in [0, 0.05) is 0 Å². The van der Waals surface area contributed by atoms with E-state index in [1.54, 1.807) is 0 Å². The highest BCUT2D eigenvalue weighted by atomic mass is 14.1. The molecule has 72 heavy (non-hydrogen) atoms. The minimum atomic E-state index is 1.31. The average Bonchev–Trinajstić information content (AvgIpc) is 3.43. The number of rotatable bonds is 0. The zero-order valence-corrected chi connectivity index (χ0v) is 39.7. The molecule has 0 saturated carbocycles.